The smallest absolute Gasteiger partial charge is 0.406 e. The number of H-pyrrole nitrogens is 1. The fourth-order valence-corrected chi connectivity index (χ4v) is 2.44. The van der Waals surface area contributed by atoms with E-state index in [1.54, 1.807) is 12.1 Å². The number of halogens is 3. The zero-order valence-electron chi connectivity index (χ0n) is 13.5. The summed E-state index contributed by atoms with van der Waals surface area (Å²) in [7, 11) is 0. The molecule has 7 nitrogen and oxygen atoms in total. The Bertz CT molecular complexity index is 1100. The number of carbonyl (C=O) groups is 1. The van der Waals surface area contributed by atoms with Gasteiger partial charge in [-0.2, -0.15) is 0 Å². The maximum atomic E-state index is 12.3. The number of rotatable bonds is 4. The van der Waals surface area contributed by atoms with Gasteiger partial charge in [0.25, 0.3) is 11.1 Å². The minimum atomic E-state index is -4.81. The Morgan fingerprint density at radius 2 is 1.67 bits per heavy atom. The third-order valence-electron chi connectivity index (χ3n) is 3.56. The van der Waals surface area contributed by atoms with Crippen molar-refractivity contribution in [1.29, 1.82) is 0 Å². The van der Waals surface area contributed by atoms with Crippen LogP contribution in [0.5, 0.6) is 5.75 Å². The van der Waals surface area contributed by atoms with Gasteiger partial charge >= 0.3 is 6.36 Å². The summed E-state index contributed by atoms with van der Waals surface area (Å²) >= 11 is 0. The molecule has 1 aromatic heterocycles. The maximum absolute atomic E-state index is 12.3. The first-order valence-electron chi connectivity index (χ1n) is 7.60. The Morgan fingerprint density at radius 3 is 2.30 bits per heavy atom. The number of anilines is 1. The number of carbonyl (C=O) groups excluding carboxylic acids is 1. The number of benzene rings is 2. The molecule has 3 rings (SSSR count). The third-order valence-corrected chi connectivity index (χ3v) is 3.56. The largest absolute Gasteiger partial charge is 0.573 e. The number of amides is 1. The Morgan fingerprint density at radius 1 is 1.04 bits per heavy atom. The first kappa shape index (κ1) is 18.2. The van der Waals surface area contributed by atoms with E-state index in [-0.39, 0.29) is 16.5 Å². The second kappa shape index (κ2) is 6.98. The van der Waals surface area contributed by atoms with Crippen molar-refractivity contribution in [3.8, 4) is 5.75 Å². The summed E-state index contributed by atoms with van der Waals surface area (Å²) in [5.41, 5.74) is -0.869. The second-order valence-corrected chi connectivity index (χ2v) is 5.50. The fourth-order valence-electron chi connectivity index (χ4n) is 2.44. The van der Waals surface area contributed by atoms with Crippen LogP contribution in [0.25, 0.3) is 10.8 Å². The van der Waals surface area contributed by atoms with Crippen LogP contribution in [0.1, 0.15) is 0 Å². The molecular formula is C17H12F3N3O4. The van der Waals surface area contributed by atoms with Gasteiger partial charge in [-0.3, -0.25) is 19.5 Å². The average Bonchev–Trinajstić information content (AvgIpc) is 2.60. The minimum Gasteiger partial charge on any atom is -0.406 e. The van der Waals surface area contributed by atoms with Crippen LogP contribution in [0.3, 0.4) is 0 Å². The van der Waals surface area contributed by atoms with E-state index in [9.17, 15) is 27.6 Å². The van der Waals surface area contributed by atoms with Gasteiger partial charge in [-0.15, -0.1) is 13.2 Å². The van der Waals surface area contributed by atoms with Crippen LogP contribution >= 0.6 is 0 Å². The monoisotopic (exact) mass is 379 g/mol. The van der Waals surface area contributed by atoms with Gasteiger partial charge in [-0.05, 0) is 36.4 Å². The zero-order chi connectivity index (χ0) is 19.6. The highest BCUT2D eigenvalue weighted by molar-refractivity contribution is 5.90. The molecule has 0 saturated carbocycles. The first-order valence-corrected chi connectivity index (χ1v) is 7.60. The van der Waals surface area contributed by atoms with E-state index in [1.807, 2.05) is 0 Å². The maximum Gasteiger partial charge on any atom is 0.573 e. The molecule has 1 amide bonds. The molecule has 0 aliphatic rings. The summed E-state index contributed by atoms with van der Waals surface area (Å²) in [6, 6.07) is 10.7. The number of alkyl halides is 3. The molecule has 0 spiro atoms. The van der Waals surface area contributed by atoms with Gasteiger partial charge in [0.2, 0.25) is 5.91 Å². The summed E-state index contributed by atoms with van der Waals surface area (Å²) in [6.07, 6.45) is -4.81. The van der Waals surface area contributed by atoms with Crippen LogP contribution in [0, 0.1) is 0 Å². The number of nitrogens with zero attached hydrogens (tertiary/aromatic N) is 1. The Kier molecular flexibility index (Phi) is 4.72. The number of ether oxygens (including phenoxy) is 1. The average molecular weight is 379 g/mol. The number of nitrogens with one attached hydrogen (secondary N) is 2. The van der Waals surface area contributed by atoms with E-state index in [0.29, 0.717) is 0 Å². The van der Waals surface area contributed by atoms with Crippen molar-refractivity contribution in [3.05, 3.63) is 69.2 Å². The molecule has 27 heavy (non-hydrogen) atoms. The SMILES string of the molecule is O=C(Cn1[nH]c(=O)c2ccccc2c1=O)Nc1ccc(OC(F)(F)F)cc1. The lowest BCUT2D eigenvalue weighted by atomic mass is 10.2. The van der Waals surface area contributed by atoms with Crippen LogP contribution in [0.15, 0.2) is 58.1 Å². The highest BCUT2D eigenvalue weighted by atomic mass is 19.4. The highest BCUT2D eigenvalue weighted by Gasteiger charge is 2.30. The molecule has 140 valence electrons. The number of aromatic amines is 1. The lowest BCUT2D eigenvalue weighted by Gasteiger charge is -2.10. The van der Waals surface area contributed by atoms with Gasteiger partial charge in [-0.25, -0.2) is 4.68 Å². The number of hydrogen-bond donors (Lipinski definition) is 2. The van der Waals surface area contributed by atoms with Crippen LogP contribution < -0.4 is 21.2 Å². The van der Waals surface area contributed by atoms with E-state index in [1.165, 1.54) is 24.3 Å². The van der Waals surface area contributed by atoms with Gasteiger partial charge in [0, 0.05) is 5.69 Å². The molecule has 2 aromatic carbocycles. The summed E-state index contributed by atoms with van der Waals surface area (Å²) < 4.78 is 41.0. The molecule has 0 saturated heterocycles. The van der Waals surface area contributed by atoms with Crippen LogP contribution in [0.4, 0.5) is 18.9 Å². The van der Waals surface area contributed by atoms with E-state index in [2.05, 4.69) is 15.2 Å². The molecule has 0 unspecified atom stereocenters. The van der Waals surface area contributed by atoms with Crippen molar-refractivity contribution in [3.63, 3.8) is 0 Å². The minimum absolute atomic E-state index is 0.169. The third kappa shape index (κ3) is 4.35. The van der Waals surface area contributed by atoms with Gasteiger partial charge in [-0.1, -0.05) is 12.1 Å². The second-order valence-electron chi connectivity index (χ2n) is 5.50. The van der Waals surface area contributed by atoms with Crippen molar-refractivity contribution in [2.45, 2.75) is 12.9 Å². The molecule has 0 fully saturated rings. The molecule has 1 heterocycles. The number of fused-ring (bicyclic) bond motifs is 1. The van der Waals surface area contributed by atoms with Gasteiger partial charge < -0.3 is 10.1 Å². The Labute approximate surface area is 149 Å². The molecule has 0 radical (unpaired) electrons. The number of hydrogen-bond acceptors (Lipinski definition) is 4. The van der Waals surface area contributed by atoms with Crippen molar-refractivity contribution in [2.24, 2.45) is 0 Å². The summed E-state index contributed by atoms with van der Waals surface area (Å²) in [6.45, 7) is -0.473. The van der Waals surface area contributed by atoms with E-state index in [4.69, 9.17) is 0 Å². The van der Waals surface area contributed by atoms with Crippen molar-refractivity contribution in [1.82, 2.24) is 9.78 Å². The van der Waals surface area contributed by atoms with Gasteiger partial charge in [0.05, 0.1) is 10.8 Å². The van der Waals surface area contributed by atoms with Crippen LogP contribution in [-0.2, 0) is 11.3 Å². The molecule has 0 atom stereocenters. The molecule has 10 heteroatoms. The summed E-state index contributed by atoms with van der Waals surface area (Å²) in [5.74, 6) is -1.08. The van der Waals surface area contributed by atoms with Gasteiger partial charge in [0.1, 0.15) is 12.3 Å². The Balaban J connectivity index is 1.75. The Hall–Kier alpha value is -3.56. The summed E-state index contributed by atoms with van der Waals surface area (Å²) in [5, 5.41) is 5.11. The molecular weight excluding hydrogens is 367 g/mol. The predicted molar refractivity (Wildman–Crippen MR) is 90.6 cm³/mol. The van der Waals surface area contributed by atoms with Crippen molar-refractivity contribution >= 4 is 22.4 Å². The normalized spacial score (nSPS) is 11.4. The highest BCUT2D eigenvalue weighted by Crippen LogP contribution is 2.23. The molecule has 3 aromatic rings. The van der Waals surface area contributed by atoms with Crippen LogP contribution in [-0.4, -0.2) is 22.1 Å². The van der Waals surface area contributed by atoms with Crippen LogP contribution in [0.2, 0.25) is 0 Å². The first-order chi connectivity index (χ1) is 12.7. The zero-order valence-corrected chi connectivity index (χ0v) is 13.5. The van der Waals surface area contributed by atoms with E-state index in [0.717, 1.165) is 16.8 Å². The van der Waals surface area contributed by atoms with Gasteiger partial charge in [0.15, 0.2) is 0 Å². The molecule has 2 N–H and O–H groups in total. The fraction of sp³-hybridized carbons (Fsp3) is 0.118. The lowest BCUT2D eigenvalue weighted by Crippen LogP contribution is -2.34. The topological polar surface area (TPSA) is 93.2 Å². The van der Waals surface area contributed by atoms with E-state index < -0.39 is 35.7 Å². The molecule has 0 aliphatic heterocycles. The standard InChI is InChI=1S/C17H12F3N3O4/c18-17(19,20)27-11-7-5-10(6-8-11)21-14(24)9-23-16(26)13-4-2-1-3-12(13)15(25)22-23/h1-8H,9H2,(H,21,24)(H,22,25). The predicted octanol–water partition coefficient (Wildman–Crippen LogP) is 2.23. The summed E-state index contributed by atoms with van der Waals surface area (Å²) in [4.78, 5) is 36.4. The van der Waals surface area contributed by atoms with Crippen molar-refractivity contribution in [2.75, 3.05) is 5.32 Å². The van der Waals surface area contributed by atoms with E-state index >= 15 is 0 Å². The number of aromatic nitrogens is 2. The quantitative estimate of drug-likeness (QED) is 0.727. The lowest BCUT2D eigenvalue weighted by molar-refractivity contribution is -0.274. The van der Waals surface area contributed by atoms with Crippen molar-refractivity contribution < 1.29 is 22.7 Å². The molecule has 0 bridgehead atoms. The molecule has 0 aliphatic carbocycles.